The second-order valence-corrected chi connectivity index (χ2v) is 8.49. The van der Waals surface area contributed by atoms with E-state index < -0.39 is 0 Å². The highest BCUT2D eigenvalue weighted by molar-refractivity contribution is 5.87. The number of aromatic amines is 1. The normalized spacial score (nSPS) is 19.4. The summed E-state index contributed by atoms with van der Waals surface area (Å²) in [5.41, 5.74) is 2.23. The number of amides is 1. The standard InChI is InChI=1S/C24H32N6O2/c1-25-22-15-18(8-9-26-22)19-14-21(24(32)27-16-19)28-20-6-4-13-30(17-20)23(31)7-5-12-29-10-2-3-11-29/h5,7-9,14-16,20,28H,2-4,6,10-13,17H2,1H3,(H,25,26)(H,27,32)/t20-/m1/s1. The van der Waals surface area contributed by atoms with Crippen molar-refractivity contribution in [2.75, 3.05) is 50.4 Å². The molecule has 2 aliphatic rings. The number of aromatic nitrogens is 2. The molecule has 0 aromatic carbocycles. The first-order valence-corrected chi connectivity index (χ1v) is 11.4. The first-order chi connectivity index (χ1) is 15.6. The van der Waals surface area contributed by atoms with Gasteiger partial charge in [-0.2, -0.15) is 0 Å². The highest BCUT2D eigenvalue weighted by Crippen LogP contribution is 2.23. The van der Waals surface area contributed by atoms with Crippen LogP contribution in [0.4, 0.5) is 11.5 Å². The highest BCUT2D eigenvalue weighted by atomic mass is 16.2. The van der Waals surface area contributed by atoms with Gasteiger partial charge in [-0.3, -0.25) is 14.5 Å². The average molecular weight is 437 g/mol. The second kappa shape index (κ2) is 10.5. The summed E-state index contributed by atoms with van der Waals surface area (Å²) in [7, 11) is 1.82. The first-order valence-electron chi connectivity index (χ1n) is 11.4. The average Bonchev–Trinajstić information content (AvgIpc) is 3.34. The molecule has 2 saturated heterocycles. The Balaban J connectivity index is 1.39. The van der Waals surface area contributed by atoms with Crippen LogP contribution < -0.4 is 16.2 Å². The van der Waals surface area contributed by atoms with Crippen LogP contribution in [0.25, 0.3) is 11.1 Å². The lowest BCUT2D eigenvalue weighted by Gasteiger charge is -2.33. The first kappa shape index (κ1) is 22.1. The number of piperidine rings is 1. The Morgan fingerprint density at radius 1 is 1.22 bits per heavy atom. The number of anilines is 2. The van der Waals surface area contributed by atoms with Crippen molar-refractivity contribution < 1.29 is 4.79 Å². The summed E-state index contributed by atoms with van der Waals surface area (Å²) in [6.07, 6.45) is 11.5. The molecule has 0 radical (unpaired) electrons. The SMILES string of the molecule is CNc1cc(-c2c[nH]c(=O)c(N[C@@H]3CCCN(C(=O)C=CCN4CCCC4)C3)c2)ccn1. The summed E-state index contributed by atoms with van der Waals surface area (Å²) in [4.78, 5) is 36.4. The number of H-pyrrole nitrogens is 1. The Morgan fingerprint density at radius 3 is 2.88 bits per heavy atom. The van der Waals surface area contributed by atoms with Crippen LogP contribution >= 0.6 is 0 Å². The Labute approximate surface area is 188 Å². The van der Waals surface area contributed by atoms with Gasteiger partial charge in [-0.25, -0.2) is 4.98 Å². The topological polar surface area (TPSA) is 93.4 Å². The van der Waals surface area contributed by atoms with E-state index in [1.165, 1.54) is 12.8 Å². The third kappa shape index (κ3) is 5.56. The molecular weight excluding hydrogens is 404 g/mol. The van der Waals surface area contributed by atoms with E-state index in [4.69, 9.17) is 0 Å². The number of carbonyl (C=O) groups excluding carboxylic acids is 1. The van der Waals surface area contributed by atoms with Gasteiger partial charge in [0.25, 0.3) is 5.56 Å². The Morgan fingerprint density at radius 2 is 2.06 bits per heavy atom. The van der Waals surface area contributed by atoms with Gasteiger partial charge in [0.05, 0.1) is 0 Å². The molecule has 0 unspecified atom stereocenters. The van der Waals surface area contributed by atoms with Crippen molar-refractivity contribution in [2.45, 2.75) is 31.7 Å². The van der Waals surface area contributed by atoms with Crippen molar-refractivity contribution in [2.24, 2.45) is 0 Å². The number of nitrogens with zero attached hydrogens (tertiary/aromatic N) is 3. The van der Waals surface area contributed by atoms with E-state index in [-0.39, 0.29) is 17.5 Å². The minimum Gasteiger partial charge on any atom is -0.376 e. The van der Waals surface area contributed by atoms with Crippen LogP contribution in [0.1, 0.15) is 25.7 Å². The summed E-state index contributed by atoms with van der Waals surface area (Å²) < 4.78 is 0. The van der Waals surface area contributed by atoms with Gasteiger partial charge in [0.15, 0.2) is 0 Å². The van der Waals surface area contributed by atoms with Crippen LogP contribution in [0.2, 0.25) is 0 Å². The zero-order valence-electron chi connectivity index (χ0n) is 18.6. The molecule has 0 spiro atoms. The second-order valence-electron chi connectivity index (χ2n) is 8.49. The van der Waals surface area contributed by atoms with E-state index in [1.807, 2.05) is 36.2 Å². The molecule has 2 aromatic heterocycles. The van der Waals surface area contributed by atoms with Crippen LogP contribution in [-0.4, -0.2) is 71.5 Å². The van der Waals surface area contributed by atoms with E-state index in [0.29, 0.717) is 12.2 Å². The van der Waals surface area contributed by atoms with Crippen molar-refractivity contribution in [1.29, 1.82) is 0 Å². The maximum Gasteiger partial charge on any atom is 0.271 e. The summed E-state index contributed by atoms with van der Waals surface area (Å²) in [5.74, 6) is 0.817. The zero-order valence-corrected chi connectivity index (χ0v) is 18.6. The molecule has 170 valence electrons. The Kier molecular flexibility index (Phi) is 7.21. The molecule has 0 bridgehead atoms. The molecule has 0 saturated carbocycles. The van der Waals surface area contributed by atoms with Crippen molar-refractivity contribution in [3.8, 4) is 11.1 Å². The Bertz CT molecular complexity index is 1010. The minimum absolute atomic E-state index is 0.0429. The van der Waals surface area contributed by atoms with Crippen molar-refractivity contribution in [3.63, 3.8) is 0 Å². The summed E-state index contributed by atoms with van der Waals surface area (Å²) in [6, 6.07) is 5.76. The van der Waals surface area contributed by atoms with Gasteiger partial charge in [-0.05, 0) is 62.5 Å². The number of rotatable bonds is 7. The van der Waals surface area contributed by atoms with Crippen LogP contribution in [0.15, 0.2) is 47.5 Å². The van der Waals surface area contributed by atoms with Gasteiger partial charge in [0.1, 0.15) is 11.5 Å². The molecule has 8 heteroatoms. The molecule has 8 nitrogen and oxygen atoms in total. The lowest BCUT2D eigenvalue weighted by molar-refractivity contribution is -0.127. The molecule has 0 aliphatic carbocycles. The van der Waals surface area contributed by atoms with Crippen molar-refractivity contribution in [1.82, 2.24) is 19.8 Å². The van der Waals surface area contributed by atoms with E-state index in [2.05, 4.69) is 25.5 Å². The fourth-order valence-electron chi connectivity index (χ4n) is 4.39. The molecular formula is C24H32N6O2. The number of carbonyl (C=O) groups is 1. The number of likely N-dealkylation sites (tertiary alicyclic amines) is 2. The number of pyridine rings is 2. The quantitative estimate of drug-likeness (QED) is 0.578. The lowest BCUT2D eigenvalue weighted by atomic mass is 10.0. The van der Waals surface area contributed by atoms with E-state index in [0.717, 1.165) is 56.0 Å². The summed E-state index contributed by atoms with van der Waals surface area (Å²) in [6.45, 7) is 4.43. The lowest BCUT2D eigenvalue weighted by Crippen LogP contribution is -2.45. The molecule has 1 atom stereocenters. The fourth-order valence-corrected chi connectivity index (χ4v) is 4.39. The number of hydrogen-bond donors (Lipinski definition) is 3. The number of hydrogen-bond acceptors (Lipinski definition) is 6. The predicted molar refractivity (Wildman–Crippen MR) is 128 cm³/mol. The Hall–Kier alpha value is -3.13. The maximum atomic E-state index is 12.6. The molecule has 2 aromatic rings. The summed E-state index contributed by atoms with van der Waals surface area (Å²) in [5, 5.41) is 6.40. The van der Waals surface area contributed by atoms with Crippen LogP contribution in [-0.2, 0) is 4.79 Å². The molecule has 1 amide bonds. The maximum absolute atomic E-state index is 12.6. The van der Waals surface area contributed by atoms with Gasteiger partial charge in [-0.15, -0.1) is 0 Å². The van der Waals surface area contributed by atoms with E-state index >= 15 is 0 Å². The third-order valence-electron chi connectivity index (χ3n) is 6.17. The molecule has 2 aliphatic heterocycles. The van der Waals surface area contributed by atoms with Crippen LogP contribution in [0.3, 0.4) is 0 Å². The molecule has 4 rings (SSSR count). The molecule has 2 fully saturated rings. The zero-order chi connectivity index (χ0) is 22.3. The monoisotopic (exact) mass is 436 g/mol. The highest BCUT2D eigenvalue weighted by Gasteiger charge is 2.23. The fraction of sp³-hybridized carbons (Fsp3) is 0.458. The largest absolute Gasteiger partial charge is 0.376 e. The van der Waals surface area contributed by atoms with Crippen LogP contribution in [0, 0.1) is 0 Å². The smallest absolute Gasteiger partial charge is 0.271 e. The summed E-state index contributed by atoms with van der Waals surface area (Å²) >= 11 is 0. The van der Waals surface area contributed by atoms with Gasteiger partial charge in [0, 0.05) is 56.8 Å². The minimum atomic E-state index is -0.161. The van der Waals surface area contributed by atoms with Crippen molar-refractivity contribution >= 4 is 17.4 Å². The molecule has 3 N–H and O–H groups in total. The van der Waals surface area contributed by atoms with E-state index in [9.17, 15) is 9.59 Å². The third-order valence-corrected chi connectivity index (χ3v) is 6.17. The van der Waals surface area contributed by atoms with Gasteiger partial charge >= 0.3 is 0 Å². The van der Waals surface area contributed by atoms with Gasteiger partial charge in [0.2, 0.25) is 5.91 Å². The van der Waals surface area contributed by atoms with Gasteiger partial charge < -0.3 is 20.5 Å². The van der Waals surface area contributed by atoms with E-state index in [1.54, 1.807) is 18.5 Å². The molecule has 32 heavy (non-hydrogen) atoms. The van der Waals surface area contributed by atoms with Crippen molar-refractivity contribution in [3.05, 3.63) is 53.1 Å². The van der Waals surface area contributed by atoms with Crippen LogP contribution in [0.5, 0.6) is 0 Å². The molecule has 4 heterocycles. The number of nitrogens with one attached hydrogen (secondary N) is 3. The van der Waals surface area contributed by atoms with Gasteiger partial charge in [-0.1, -0.05) is 6.08 Å². The predicted octanol–water partition coefficient (Wildman–Crippen LogP) is 2.53.